The molecule has 7 heteroatoms. The maximum absolute atomic E-state index is 12.3. The Kier molecular flexibility index (Phi) is 5.95. The van der Waals surface area contributed by atoms with Crippen LogP contribution in [0.3, 0.4) is 0 Å². The van der Waals surface area contributed by atoms with Crippen molar-refractivity contribution in [2.75, 3.05) is 23.3 Å². The van der Waals surface area contributed by atoms with Crippen molar-refractivity contribution in [1.82, 2.24) is 9.78 Å². The van der Waals surface area contributed by atoms with Crippen molar-refractivity contribution in [2.24, 2.45) is 5.73 Å². The van der Waals surface area contributed by atoms with E-state index in [1.807, 2.05) is 12.1 Å². The van der Waals surface area contributed by atoms with Gasteiger partial charge in [0, 0.05) is 30.5 Å². The van der Waals surface area contributed by atoms with E-state index < -0.39 is 5.91 Å². The van der Waals surface area contributed by atoms with Gasteiger partial charge in [-0.3, -0.25) is 14.3 Å². The molecule has 128 valence electrons. The van der Waals surface area contributed by atoms with Gasteiger partial charge in [-0.1, -0.05) is 6.92 Å². The fourth-order valence-electron chi connectivity index (χ4n) is 2.44. The topological polar surface area (TPSA) is 93.2 Å². The summed E-state index contributed by atoms with van der Waals surface area (Å²) in [6, 6.07) is 7.50. The number of nitrogens with two attached hydrogens (primary N) is 1. The summed E-state index contributed by atoms with van der Waals surface area (Å²) in [6.07, 6.45) is 4.12. The second kappa shape index (κ2) is 8.14. The van der Waals surface area contributed by atoms with E-state index in [2.05, 4.69) is 29.2 Å². The van der Waals surface area contributed by atoms with Crippen molar-refractivity contribution in [3.63, 3.8) is 0 Å². The van der Waals surface area contributed by atoms with Gasteiger partial charge in [0.05, 0.1) is 11.9 Å². The minimum absolute atomic E-state index is 0.0190. The highest BCUT2D eigenvalue weighted by Gasteiger charge is 2.09. The van der Waals surface area contributed by atoms with E-state index in [1.165, 1.54) is 10.9 Å². The number of nitrogens with one attached hydrogen (secondary N) is 1. The second-order valence-electron chi connectivity index (χ2n) is 5.47. The van der Waals surface area contributed by atoms with Gasteiger partial charge < -0.3 is 16.0 Å². The first-order valence-electron chi connectivity index (χ1n) is 8.00. The standard InChI is InChI=1S/C17H23N5O2/c1-3-9-21(4-2)15-7-5-13(6-8-15)17(24)20-14-10-19-22(11-14)12-16(18)23/h5-8,10-11H,3-4,9,12H2,1-2H3,(H2,18,23)(H,20,24). The molecule has 24 heavy (non-hydrogen) atoms. The van der Waals surface area contributed by atoms with Crippen LogP contribution in [-0.2, 0) is 11.3 Å². The third-order valence-corrected chi connectivity index (χ3v) is 3.58. The van der Waals surface area contributed by atoms with E-state index in [-0.39, 0.29) is 12.5 Å². The van der Waals surface area contributed by atoms with Crippen molar-refractivity contribution in [3.05, 3.63) is 42.2 Å². The molecule has 1 heterocycles. The van der Waals surface area contributed by atoms with E-state index >= 15 is 0 Å². The average molecular weight is 329 g/mol. The Labute approximate surface area is 141 Å². The van der Waals surface area contributed by atoms with Crippen molar-refractivity contribution in [1.29, 1.82) is 0 Å². The molecule has 2 aromatic rings. The van der Waals surface area contributed by atoms with E-state index in [0.717, 1.165) is 25.2 Å². The smallest absolute Gasteiger partial charge is 0.255 e. The number of anilines is 2. The summed E-state index contributed by atoms with van der Waals surface area (Å²) >= 11 is 0. The lowest BCUT2D eigenvalue weighted by Gasteiger charge is -2.22. The average Bonchev–Trinajstić information content (AvgIpc) is 2.99. The quantitative estimate of drug-likeness (QED) is 0.773. The zero-order chi connectivity index (χ0) is 17.5. The Balaban J connectivity index is 2.02. The minimum atomic E-state index is -0.487. The molecule has 3 N–H and O–H groups in total. The lowest BCUT2D eigenvalue weighted by molar-refractivity contribution is -0.118. The summed E-state index contributed by atoms with van der Waals surface area (Å²) in [4.78, 5) is 25.4. The van der Waals surface area contributed by atoms with Gasteiger partial charge in [0.1, 0.15) is 6.54 Å². The van der Waals surface area contributed by atoms with Crippen LogP contribution in [0.2, 0.25) is 0 Å². The highest BCUT2D eigenvalue weighted by Crippen LogP contribution is 2.16. The summed E-state index contributed by atoms with van der Waals surface area (Å²) in [5.74, 6) is -0.710. The van der Waals surface area contributed by atoms with E-state index in [0.29, 0.717) is 11.3 Å². The first kappa shape index (κ1) is 17.5. The van der Waals surface area contributed by atoms with E-state index in [9.17, 15) is 9.59 Å². The maximum atomic E-state index is 12.3. The largest absolute Gasteiger partial charge is 0.372 e. The molecule has 2 rings (SSSR count). The van der Waals surface area contributed by atoms with Gasteiger partial charge >= 0.3 is 0 Å². The van der Waals surface area contributed by atoms with Gasteiger partial charge in [-0.25, -0.2) is 0 Å². The lowest BCUT2D eigenvalue weighted by Crippen LogP contribution is -2.23. The molecule has 1 aromatic carbocycles. The van der Waals surface area contributed by atoms with Gasteiger partial charge in [-0.05, 0) is 37.6 Å². The number of carbonyl (C=O) groups excluding carboxylic acids is 2. The monoisotopic (exact) mass is 329 g/mol. The Bertz CT molecular complexity index is 693. The fraction of sp³-hybridized carbons (Fsp3) is 0.353. The predicted octanol–water partition coefficient (Wildman–Crippen LogP) is 1.86. The van der Waals surface area contributed by atoms with Crippen molar-refractivity contribution in [2.45, 2.75) is 26.8 Å². The summed E-state index contributed by atoms with van der Waals surface area (Å²) in [6.45, 7) is 6.15. The van der Waals surface area contributed by atoms with Crippen LogP contribution >= 0.6 is 0 Å². The molecule has 0 spiro atoms. The van der Waals surface area contributed by atoms with Gasteiger partial charge in [-0.15, -0.1) is 0 Å². The first-order valence-corrected chi connectivity index (χ1v) is 8.00. The molecule has 0 fully saturated rings. The summed E-state index contributed by atoms with van der Waals surface area (Å²) in [5, 5.41) is 6.72. The number of benzene rings is 1. The maximum Gasteiger partial charge on any atom is 0.255 e. The summed E-state index contributed by atoms with van der Waals surface area (Å²) in [7, 11) is 0. The Morgan fingerprint density at radius 1 is 1.25 bits per heavy atom. The number of aromatic nitrogens is 2. The van der Waals surface area contributed by atoms with Crippen LogP contribution in [0.15, 0.2) is 36.7 Å². The minimum Gasteiger partial charge on any atom is -0.372 e. The molecule has 0 bridgehead atoms. The molecule has 0 aliphatic rings. The fourth-order valence-corrected chi connectivity index (χ4v) is 2.44. The molecule has 1 aromatic heterocycles. The SMILES string of the molecule is CCCN(CC)c1ccc(C(=O)Nc2cnn(CC(N)=O)c2)cc1. The molecule has 0 unspecified atom stereocenters. The normalized spacial score (nSPS) is 10.4. The van der Waals surface area contributed by atoms with Crippen molar-refractivity contribution >= 4 is 23.2 Å². The molecule has 0 saturated heterocycles. The molecular formula is C17H23N5O2. The number of rotatable bonds is 8. The summed E-state index contributed by atoms with van der Waals surface area (Å²) < 4.78 is 1.38. The molecule has 0 aliphatic carbocycles. The number of primary amides is 1. The molecule has 0 radical (unpaired) electrons. The van der Waals surface area contributed by atoms with Crippen LogP contribution in [0.25, 0.3) is 0 Å². The lowest BCUT2D eigenvalue weighted by atomic mass is 10.1. The van der Waals surface area contributed by atoms with Gasteiger partial charge in [-0.2, -0.15) is 5.10 Å². The number of hydrogen-bond acceptors (Lipinski definition) is 4. The predicted molar refractivity (Wildman–Crippen MR) is 94.0 cm³/mol. The third-order valence-electron chi connectivity index (χ3n) is 3.58. The number of hydrogen-bond donors (Lipinski definition) is 2. The van der Waals surface area contributed by atoms with Crippen LogP contribution < -0.4 is 16.0 Å². The summed E-state index contributed by atoms with van der Waals surface area (Å²) in [5.41, 5.74) is 7.29. The zero-order valence-corrected chi connectivity index (χ0v) is 14.0. The number of amides is 2. The molecule has 0 atom stereocenters. The van der Waals surface area contributed by atoms with Gasteiger partial charge in [0.15, 0.2) is 0 Å². The van der Waals surface area contributed by atoms with E-state index in [1.54, 1.807) is 18.3 Å². The van der Waals surface area contributed by atoms with Crippen molar-refractivity contribution < 1.29 is 9.59 Å². The second-order valence-corrected chi connectivity index (χ2v) is 5.47. The van der Waals surface area contributed by atoms with E-state index in [4.69, 9.17) is 5.73 Å². The number of carbonyl (C=O) groups is 2. The van der Waals surface area contributed by atoms with Gasteiger partial charge in [0.2, 0.25) is 5.91 Å². The first-order chi connectivity index (χ1) is 11.5. The Morgan fingerprint density at radius 2 is 1.96 bits per heavy atom. The van der Waals surface area contributed by atoms with Gasteiger partial charge in [0.25, 0.3) is 5.91 Å². The molecule has 2 amide bonds. The van der Waals surface area contributed by atoms with Crippen molar-refractivity contribution in [3.8, 4) is 0 Å². The van der Waals surface area contributed by atoms with Crippen LogP contribution in [0.5, 0.6) is 0 Å². The van der Waals surface area contributed by atoms with Crippen LogP contribution in [0.4, 0.5) is 11.4 Å². The molecule has 0 aliphatic heterocycles. The molecular weight excluding hydrogens is 306 g/mol. The number of nitrogens with zero attached hydrogens (tertiary/aromatic N) is 3. The third kappa shape index (κ3) is 4.58. The Hall–Kier alpha value is -2.83. The van der Waals surface area contributed by atoms with Crippen LogP contribution in [-0.4, -0.2) is 34.7 Å². The molecule has 7 nitrogen and oxygen atoms in total. The molecule has 0 saturated carbocycles. The zero-order valence-electron chi connectivity index (χ0n) is 14.0. The van der Waals surface area contributed by atoms with Crippen LogP contribution in [0.1, 0.15) is 30.6 Å². The highest BCUT2D eigenvalue weighted by atomic mass is 16.2. The Morgan fingerprint density at radius 3 is 2.54 bits per heavy atom. The highest BCUT2D eigenvalue weighted by molar-refractivity contribution is 6.04. The van der Waals surface area contributed by atoms with Crippen LogP contribution in [0, 0.1) is 0 Å².